The standard InChI is InChI=1S/C20H21NO5/c1-13-8-9-16(18(23)10-13)20(25)26-12-19(24)21-17(14(2)22)11-15-6-4-3-5-7-15/h3-10,17,23H,11-12H2,1-2H3,(H,21,24)/t17-/m0/s1. The van der Waals surface area contributed by atoms with Crippen LogP contribution in [0.5, 0.6) is 5.75 Å². The summed E-state index contributed by atoms with van der Waals surface area (Å²) in [4.78, 5) is 35.7. The number of ether oxygens (including phenoxy) is 1. The maximum Gasteiger partial charge on any atom is 0.342 e. The van der Waals surface area contributed by atoms with E-state index in [0.717, 1.165) is 11.1 Å². The fourth-order valence-electron chi connectivity index (χ4n) is 2.41. The van der Waals surface area contributed by atoms with Crippen LogP contribution in [0.4, 0.5) is 0 Å². The summed E-state index contributed by atoms with van der Waals surface area (Å²) in [5, 5.41) is 12.3. The highest BCUT2D eigenvalue weighted by atomic mass is 16.5. The molecule has 0 spiro atoms. The first-order valence-corrected chi connectivity index (χ1v) is 8.17. The van der Waals surface area contributed by atoms with Crippen LogP contribution in [-0.2, 0) is 20.7 Å². The summed E-state index contributed by atoms with van der Waals surface area (Å²) < 4.78 is 4.92. The molecule has 2 N–H and O–H groups in total. The highest BCUT2D eigenvalue weighted by molar-refractivity contribution is 5.94. The van der Waals surface area contributed by atoms with Crippen LogP contribution in [0, 0.1) is 6.92 Å². The number of phenols is 1. The Hall–Kier alpha value is -3.15. The molecule has 0 aliphatic carbocycles. The number of carbonyl (C=O) groups excluding carboxylic acids is 3. The second-order valence-electron chi connectivity index (χ2n) is 6.02. The van der Waals surface area contributed by atoms with Gasteiger partial charge in [-0.15, -0.1) is 0 Å². The Morgan fingerprint density at radius 1 is 1.12 bits per heavy atom. The molecule has 0 heterocycles. The Morgan fingerprint density at radius 3 is 2.42 bits per heavy atom. The lowest BCUT2D eigenvalue weighted by Gasteiger charge is -2.16. The maximum atomic E-state index is 12.0. The van der Waals surface area contributed by atoms with Gasteiger partial charge in [-0.05, 0) is 43.5 Å². The highest BCUT2D eigenvalue weighted by Crippen LogP contribution is 2.19. The summed E-state index contributed by atoms with van der Waals surface area (Å²) in [6.07, 6.45) is 0.356. The number of ketones is 1. The smallest absolute Gasteiger partial charge is 0.342 e. The van der Waals surface area contributed by atoms with E-state index < -0.39 is 24.5 Å². The lowest BCUT2D eigenvalue weighted by atomic mass is 10.0. The Kier molecular flexibility index (Phi) is 6.49. The van der Waals surface area contributed by atoms with Crippen molar-refractivity contribution >= 4 is 17.7 Å². The predicted molar refractivity (Wildman–Crippen MR) is 95.9 cm³/mol. The molecule has 0 unspecified atom stereocenters. The Bertz CT molecular complexity index is 801. The van der Waals surface area contributed by atoms with Gasteiger partial charge in [-0.2, -0.15) is 0 Å². The van der Waals surface area contributed by atoms with Crippen molar-refractivity contribution < 1.29 is 24.2 Å². The lowest BCUT2D eigenvalue weighted by Crippen LogP contribution is -2.43. The molecule has 26 heavy (non-hydrogen) atoms. The van der Waals surface area contributed by atoms with Crippen molar-refractivity contribution in [3.63, 3.8) is 0 Å². The van der Waals surface area contributed by atoms with Gasteiger partial charge in [-0.1, -0.05) is 36.4 Å². The number of rotatable bonds is 7. The lowest BCUT2D eigenvalue weighted by molar-refractivity contribution is -0.128. The van der Waals surface area contributed by atoms with Gasteiger partial charge in [0.05, 0.1) is 6.04 Å². The van der Waals surface area contributed by atoms with Crippen LogP contribution >= 0.6 is 0 Å². The Morgan fingerprint density at radius 2 is 1.81 bits per heavy atom. The third kappa shape index (κ3) is 5.44. The molecule has 1 amide bonds. The molecular formula is C20H21NO5. The van der Waals surface area contributed by atoms with Crippen LogP contribution in [0.2, 0.25) is 0 Å². The number of benzene rings is 2. The van der Waals surface area contributed by atoms with E-state index in [1.165, 1.54) is 19.1 Å². The first kappa shape index (κ1) is 19.2. The van der Waals surface area contributed by atoms with Crippen molar-refractivity contribution in [1.29, 1.82) is 0 Å². The zero-order valence-electron chi connectivity index (χ0n) is 14.7. The van der Waals surface area contributed by atoms with Gasteiger partial charge < -0.3 is 15.2 Å². The topological polar surface area (TPSA) is 92.7 Å². The van der Waals surface area contributed by atoms with Gasteiger partial charge in [-0.25, -0.2) is 4.79 Å². The summed E-state index contributed by atoms with van der Waals surface area (Å²) in [6, 6.07) is 13.1. The van der Waals surface area contributed by atoms with Gasteiger partial charge in [0.15, 0.2) is 12.4 Å². The van der Waals surface area contributed by atoms with Gasteiger partial charge in [0.2, 0.25) is 0 Å². The van der Waals surface area contributed by atoms with Crippen LogP contribution < -0.4 is 5.32 Å². The summed E-state index contributed by atoms with van der Waals surface area (Å²) in [6.45, 7) is 2.63. The molecule has 2 rings (SSSR count). The van der Waals surface area contributed by atoms with Crippen molar-refractivity contribution in [2.75, 3.05) is 6.61 Å². The quantitative estimate of drug-likeness (QED) is 0.743. The Balaban J connectivity index is 1.91. The highest BCUT2D eigenvalue weighted by Gasteiger charge is 2.19. The molecule has 1 atom stereocenters. The monoisotopic (exact) mass is 355 g/mol. The zero-order valence-corrected chi connectivity index (χ0v) is 14.7. The van der Waals surface area contributed by atoms with Gasteiger partial charge in [0.25, 0.3) is 5.91 Å². The van der Waals surface area contributed by atoms with Crippen LogP contribution in [0.1, 0.15) is 28.4 Å². The van der Waals surface area contributed by atoms with Gasteiger partial charge in [-0.3, -0.25) is 9.59 Å². The number of phenolic OH excluding ortho intramolecular Hbond substituents is 1. The van der Waals surface area contributed by atoms with E-state index in [0.29, 0.717) is 6.42 Å². The fourth-order valence-corrected chi connectivity index (χ4v) is 2.41. The summed E-state index contributed by atoms with van der Waals surface area (Å²) in [5.41, 5.74) is 1.69. The zero-order chi connectivity index (χ0) is 19.1. The third-order valence-electron chi connectivity index (χ3n) is 3.82. The minimum atomic E-state index is -0.805. The summed E-state index contributed by atoms with van der Waals surface area (Å²) in [7, 11) is 0. The van der Waals surface area contributed by atoms with Crippen molar-refractivity contribution in [3.05, 3.63) is 65.2 Å². The van der Waals surface area contributed by atoms with Crippen molar-refractivity contribution in [1.82, 2.24) is 5.32 Å². The maximum absolute atomic E-state index is 12.0. The first-order valence-electron chi connectivity index (χ1n) is 8.17. The number of Topliss-reactive ketones (excluding diaryl/α,β-unsaturated/α-hetero) is 1. The number of esters is 1. The van der Waals surface area contributed by atoms with E-state index in [1.54, 1.807) is 13.0 Å². The second-order valence-corrected chi connectivity index (χ2v) is 6.02. The van der Waals surface area contributed by atoms with Crippen LogP contribution in [0.3, 0.4) is 0 Å². The molecule has 0 bridgehead atoms. The van der Waals surface area contributed by atoms with Gasteiger partial charge >= 0.3 is 5.97 Å². The third-order valence-corrected chi connectivity index (χ3v) is 3.82. The van der Waals surface area contributed by atoms with E-state index in [1.807, 2.05) is 30.3 Å². The average Bonchev–Trinajstić information content (AvgIpc) is 2.60. The summed E-state index contributed by atoms with van der Waals surface area (Å²) in [5.74, 6) is -1.79. The van der Waals surface area contributed by atoms with E-state index >= 15 is 0 Å². The number of carbonyl (C=O) groups is 3. The molecule has 0 saturated heterocycles. The largest absolute Gasteiger partial charge is 0.507 e. The predicted octanol–water partition coefficient (Wildman–Crippen LogP) is 2.17. The molecule has 0 radical (unpaired) electrons. The Labute approximate surface area is 151 Å². The molecule has 136 valence electrons. The van der Waals surface area contributed by atoms with Crippen molar-refractivity contribution in [2.45, 2.75) is 26.3 Å². The fraction of sp³-hybridized carbons (Fsp3) is 0.250. The first-order chi connectivity index (χ1) is 12.4. The van der Waals surface area contributed by atoms with E-state index in [9.17, 15) is 19.5 Å². The van der Waals surface area contributed by atoms with Crippen LogP contribution in [-0.4, -0.2) is 35.4 Å². The van der Waals surface area contributed by atoms with Crippen LogP contribution in [0.25, 0.3) is 0 Å². The number of aryl methyl sites for hydroxylation is 1. The minimum absolute atomic E-state index is 0.0178. The normalized spacial score (nSPS) is 11.5. The molecular weight excluding hydrogens is 334 g/mol. The van der Waals surface area contributed by atoms with Gasteiger partial charge in [0.1, 0.15) is 11.3 Å². The minimum Gasteiger partial charge on any atom is -0.507 e. The molecule has 2 aromatic rings. The molecule has 0 aromatic heterocycles. The molecule has 0 saturated carbocycles. The van der Waals surface area contributed by atoms with Gasteiger partial charge in [0, 0.05) is 0 Å². The summed E-state index contributed by atoms with van der Waals surface area (Å²) >= 11 is 0. The van der Waals surface area contributed by atoms with Crippen molar-refractivity contribution in [3.8, 4) is 5.75 Å². The number of aromatic hydroxyl groups is 1. The average molecular weight is 355 g/mol. The van der Waals surface area contributed by atoms with E-state index in [2.05, 4.69) is 5.32 Å². The van der Waals surface area contributed by atoms with E-state index in [4.69, 9.17) is 4.74 Å². The number of amides is 1. The van der Waals surface area contributed by atoms with Crippen molar-refractivity contribution in [2.24, 2.45) is 0 Å². The SMILES string of the molecule is CC(=O)[C@H](Cc1ccccc1)NC(=O)COC(=O)c1ccc(C)cc1O. The molecule has 0 aliphatic rings. The second kappa shape index (κ2) is 8.80. The van der Waals surface area contributed by atoms with Crippen LogP contribution in [0.15, 0.2) is 48.5 Å². The molecule has 0 aliphatic heterocycles. The molecule has 6 nitrogen and oxygen atoms in total. The molecule has 6 heteroatoms. The molecule has 0 fully saturated rings. The number of hydrogen-bond donors (Lipinski definition) is 2. The van der Waals surface area contributed by atoms with E-state index in [-0.39, 0.29) is 17.1 Å². The number of nitrogens with one attached hydrogen (secondary N) is 1. The number of hydrogen-bond acceptors (Lipinski definition) is 5. The molecule has 2 aromatic carbocycles.